The zero-order valence-corrected chi connectivity index (χ0v) is 10.2. The number of nitrogens with one attached hydrogen (secondary N) is 1. The lowest BCUT2D eigenvalue weighted by molar-refractivity contribution is 0.0942. The molecule has 0 unspecified atom stereocenters. The van der Waals surface area contributed by atoms with Crippen LogP contribution in [0.15, 0.2) is 24.0 Å². The summed E-state index contributed by atoms with van der Waals surface area (Å²) in [5.74, 6) is -0.684. The van der Waals surface area contributed by atoms with Gasteiger partial charge in [-0.25, -0.2) is 8.78 Å². The predicted molar refractivity (Wildman–Crippen MR) is 66.2 cm³/mol. The molecule has 0 bridgehead atoms. The molecular weight excluding hydrogens is 254 g/mol. The molecule has 0 atom stereocenters. The van der Waals surface area contributed by atoms with Crippen LogP contribution in [-0.2, 0) is 6.42 Å². The molecule has 3 N–H and O–H groups in total. The maximum Gasteiger partial charge on any atom is 0.255 e. The third kappa shape index (κ3) is 2.90. The Balaban J connectivity index is 2.29. The van der Waals surface area contributed by atoms with Crippen molar-refractivity contribution in [2.75, 3.05) is 19.7 Å². The van der Waals surface area contributed by atoms with Crippen molar-refractivity contribution in [2.45, 2.75) is 6.42 Å². The maximum absolute atomic E-state index is 13.4. The van der Waals surface area contributed by atoms with Gasteiger partial charge in [-0.1, -0.05) is 0 Å². The number of ether oxygens (including phenoxy) is 1. The van der Waals surface area contributed by atoms with Crippen molar-refractivity contribution in [1.29, 1.82) is 0 Å². The number of carbonyl (C=O) groups excluding carboxylic acids is 1. The molecule has 0 saturated carbocycles. The lowest BCUT2D eigenvalue weighted by Gasteiger charge is -2.20. The Bertz CT molecular complexity index is 530. The quantitative estimate of drug-likeness (QED) is 0.865. The molecular formula is C13H14F2N2O2. The van der Waals surface area contributed by atoms with Crippen molar-refractivity contribution in [3.8, 4) is 5.75 Å². The third-order valence-corrected chi connectivity index (χ3v) is 2.89. The first-order chi connectivity index (χ1) is 9.15. The van der Waals surface area contributed by atoms with Crippen LogP contribution in [0, 0.1) is 5.82 Å². The molecule has 1 aromatic rings. The second-order valence-corrected chi connectivity index (χ2v) is 4.20. The average Bonchev–Trinajstić information content (AvgIpc) is 2.39. The van der Waals surface area contributed by atoms with E-state index in [9.17, 15) is 13.6 Å². The van der Waals surface area contributed by atoms with Crippen LogP contribution in [0.5, 0.6) is 5.75 Å². The number of carbonyl (C=O) groups is 1. The number of hydrogen-bond acceptors (Lipinski definition) is 3. The summed E-state index contributed by atoms with van der Waals surface area (Å²) in [6.07, 6.45) is 0.893. The molecule has 6 heteroatoms. The summed E-state index contributed by atoms with van der Waals surface area (Å²) in [4.78, 5) is 11.8. The molecule has 1 aliphatic rings. The summed E-state index contributed by atoms with van der Waals surface area (Å²) in [7, 11) is 0. The number of benzene rings is 1. The third-order valence-electron chi connectivity index (χ3n) is 2.89. The van der Waals surface area contributed by atoms with Crippen molar-refractivity contribution in [3.05, 3.63) is 41.0 Å². The van der Waals surface area contributed by atoms with E-state index >= 15 is 0 Å². The van der Waals surface area contributed by atoms with Crippen molar-refractivity contribution >= 4 is 5.91 Å². The maximum atomic E-state index is 13.4. The zero-order valence-electron chi connectivity index (χ0n) is 10.2. The summed E-state index contributed by atoms with van der Waals surface area (Å²) in [5.41, 5.74) is 6.43. The van der Waals surface area contributed by atoms with Crippen LogP contribution in [0.3, 0.4) is 0 Å². The number of fused-ring (bicyclic) bond motifs is 1. The highest BCUT2D eigenvalue weighted by Crippen LogP contribution is 2.27. The highest BCUT2D eigenvalue weighted by molar-refractivity contribution is 5.99. The van der Waals surface area contributed by atoms with Gasteiger partial charge in [0, 0.05) is 24.7 Å². The van der Waals surface area contributed by atoms with Gasteiger partial charge in [-0.05, 0) is 18.1 Å². The van der Waals surface area contributed by atoms with Crippen LogP contribution in [0.25, 0.3) is 0 Å². The topological polar surface area (TPSA) is 64.3 Å². The van der Waals surface area contributed by atoms with E-state index in [0.29, 0.717) is 30.4 Å². The second-order valence-electron chi connectivity index (χ2n) is 4.20. The molecule has 0 radical (unpaired) electrons. The Morgan fingerprint density at radius 1 is 1.53 bits per heavy atom. The van der Waals surface area contributed by atoms with Crippen molar-refractivity contribution < 1.29 is 18.3 Å². The van der Waals surface area contributed by atoms with Crippen molar-refractivity contribution in [3.63, 3.8) is 0 Å². The molecule has 102 valence electrons. The van der Waals surface area contributed by atoms with E-state index in [1.165, 1.54) is 6.07 Å². The minimum absolute atomic E-state index is 0.000201. The van der Waals surface area contributed by atoms with Crippen molar-refractivity contribution in [1.82, 2.24) is 5.32 Å². The normalized spacial score (nSPS) is 14.9. The number of amides is 1. The molecule has 2 rings (SSSR count). The van der Waals surface area contributed by atoms with E-state index in [-0.39, 0.29) is 30.4 Å². The summed E-state index contributed by atoms with van der Waals surface area (Å²) in [6, 6.07) is 2.44. The zero-order chi connectivity index (χ0) is 13.8. The fourth-order valence-corrected chi connectivity index (χ4v) is 1.91. The Hall–Kier alpha value is -1.95. The van der Waals surface area contributed by atoms with Crippen LogP contribution in [0.4, 0.5) is 8.78 Å². The molecule has 1 aromatic carbocycles. The van der Waals surface area contributed by atoms with Gasteiger partial charge in [-0.15, -0.1) is 0 Å². The lowest BCUT2D eigenvalue weighted by Crippen LogP contribution is -2.32. The smallest absolute Gasteiger partial charge is 0.255 e. The standard InChI is InChI=1S/C13H14F2N2O2/c14-5-8(6-16)7-19-11-4-10(15)3-9-1-2-17-13(18)12(9)11/h3-5H,1-2,6-7,16H2,(H,17,18)/b8-5+. The molecule has 0 fully saturated rings. The molecule has 0 aromatic heterocycles. The summed E-state index contributed by atoms with van der Waals surface area (Å²) >= 11 is 0. The van der Waals surface area contributed by atoms with Gasteiger partial charge in [-0.3, -0.25) is 4.79 Å². The summed E-state index contributed by atoms with van der Waals surface area (Å²) in [6.45, 7) is 0.351. The van der Waals surface area contributed by atoms with Gasteiger partial charge in [0.05, 0.1) is 11.9 Å². The van der Waals surface area contributed by atoms with Crippen molar-refractivity contribution in [2.24, 2.45) is 5.73 Å². The number of halogens is 2. The Morgan fingerprint density at radius 3 is 3.00 bits per heavy atom. The lowest BCUT2D eigenvalue weighted by atomic mass is 9.99. The number of nitrogens with two attached hydrogens (primary N) is 1. The molecule has 0 spiro atoms. The molecule has 1 aliphatic heterocycles. The molecule has 4 nitrogen and oxygen atoms in total. The van der Waals surface area contributed by atoms with E-state index in [1.54, 1.807) is 0 Å². The van der Waals surface area contributed by atoms with E-state index in [1.807, 2.05) is 0 Å². The number of rotatable bonds is 4. The van der Waals surface area contributed by atoms with Gasteiger partial charge in [0.1, 0.15) is 18.2 Å². The first-order valence-electron chi connectivity index (χ1n) is 5.87. The summed E-state index contributed by atoms with van der Waals surface area (Å²) < 4.78 is 31.1. The molecule has 19 heavy (non-hydrogen) atoms. The monoisotopic (exact) mass is 268 g/mol. The fraction of sp³-hybridized carbons (Fsp3) is 0.308. The van der Waals surface area contributed by atoms with Gasteiger partial charge in [0.25, 0.3) is 5.91 Å². The van der Waals surface area contributed by atoms with Crippen LogP contribution < -0.4 is 15.8 Å². The second kappa shape index (κ2) is 5.79. The van der Waals surface area contributed by atoms with Gasteiger partial charge in [-0.2, -0.15) is 0 Å². The molecule has 1 heterocycles. The van der Waals surface area contributed by atoms with Gasteiger partial charge >= 0.3 is 0 Å². The Labute approximate surface area is 109 Å². The number of hydrogen-bond donors (Lipinski definition) is 2. The first-order valence-corrected chi connectivity index (χ1v) is 5.87. The molecule has 0 aliphatic carbocycles. The first kappa shape index (κ1) is 13.5. The highest BCUT2D eigenvalue weighted by atomic mass is 19.1. The minimum atomic E-state index is -0.484. The SMILES string of the molecule is NC/C(=C\F)COc1cc(F)cc2c1C(=O)NCC2. The fourth-order valence-electron chi connectivity index (χ4n) is 1.91. The largest absolute Gasteiger partial charge is 0.488 e. The minimum Gasteiger partial charge on any atom is -0.488 e. The van der Waals surface area contributed by atoms with Gasteiger partial charge < -0.3 is 15.8 Å². The van der Waals surface area contributed by atoms with Crippen LogP contribution in [0.1, 0.15) is 15.9 Å². The highest BCUT2D eigenvalue weighted by Gasteiger charge is 2.22. The average molecular weight is 268 g/mol. The van der Waals surface area contributed by atoms with E-state index < -0.39 is 5.82 Å². The van der Waals surface area contributed by atoms with Gasteiger partial charge in [0.15, 0.2) is 0 Å². The van der Waals surface area contributed by atoms with E-state index in [4.69, 9.17) is 10.5 Å². The predicted octanol–water partition coefficient (Wildman–Crippen LogP) is 1.30. The molecule has 0 saturated heterocycles. The molecule has 1 amide bonds. The van der Waals surface area contributed by atoms with Crippen LogP contribution in [-0.4, -0.2) is 25.6 Å². The Morgan fingerprint density at radius 2 is 2.32 bits per heavy atom. The summed E-state index contributed by atoms with van der Waals surface area (Å²) in [5, 5.41) is 2.66. The van der Waals surface area contributed by atoms with E-state index in [2.05, 4.69) is 5.32 Å². The Kier molecular flexibility index (Phi) is 4.11. The van der Waals surface area contributed by atoms with Crippen LogP contribution in [0.2, 0.25) is 0 Å². The van der Waals surface area contributed by atoms with Crippen LogP contribution >= 0.6 is 0 Å². The van der Waals surface area contributed by atoms with E-state index in [0.717, 1.165) is 6.07 Å². The van der Waals surface area contributed by atoms with Gasteiger partial charge in [0.2, 0.25) is 0 Å².